The van der Waals surface area contributed by atoms with Crippen LogP contribution in [-0.4, -0.2) is 36.9 Å². The van der Waals surface area contributed by atoms with E-state index in [4.69, 9.17) is 0 Å². The molecule has 2 amide bonds. The molecule has 0 aromatic carbocycles. The van der Waals surface area contributed by atoms with Crippen molar-refractivity contribution in [1.29, 1.82) is 0 Å². The average molecular weight is 306 g/mol. The molecule has 0 radical (unpaired) electrons. The summed E-state index contributed by atoms with van der Waals surface area (Å²) in [6, 6.07) is 1.91. The van der Waals surface area contributed by atoms with Crippen molar-refractivity contribution in [3.8, 4) is 0 Å². The molecule has 3 rings (SSSR count). The molecule has 2 fully saturated rings. The first-order valence-electron chi connectivity index (χ1n) is 7.62. The summed E-state index contributed by atoms with van der Waals surface area (Å²) in [7, 11) is 1.71. The number of amides is 2. The highest BCUT2D eigenvalue weighted by molar-refractivity contribution is 7.10. The van der Waals surface area contributed by atoms with E-state index in [0.29, 0.717) is 0 Å². The highest BCUT2D eigenvalue weighted by Crippen LogP contribution is 2.50. The van der Waals surface area contributed by atoms with Gasteiger partial charge in [-0.25, -0.2) is 0 Å². The van der Waals surface area contributed by atoms with Crippen molar-refractivity contribution >= 4 is 23.2 Å². The van der Waals surface area contributed by atoms with E-state index < -0.39 is 0 Å². The van der Waals surface area contributed by atoms with Gasteiger partial charge in [0, 0.05) is 36.3 Å². The lowest BCUT2D eigenvalue weighted by Gasteiger charge is -2.30. The summed E-state index contributed by atoms with van der Waals surface area (Å²) in [5.41, 5.74) is 0.839. The van der Waals surface area contributed by atoms with Gasteiger partial charge in [0.2, 0.25) is 5.91 Å². The molecule has 1 saturated carbocycles. The number of likely N-dealkylation sites (tertiary alicyclic amines) is 1. The normalized spacial score (nSPS) is 28.3. The Kier molecular flexibility index (Phi) is 3.78. The second-order valence-corrected chi connectivity index (χ2v) is 7.41. The minimum absolute atomic E-state index is 0.0136. The van der Waals surface area contributed by atoms with Crippen molar-refractivity contribution in [3.05, 3.63) is 21.9 Å². The van der Waals surface area contributed by atoms with Gasteiger partial charge in [0.1, 0.15) is 0 Å². The van der Waals surface area contributed by atoms with E-state index in [1.165, 1.54) is 0 Å². The number of hydrogen-bond acceptors (Lipinski definition) is 3. The Balaban J connectivity index is 1.77. The molecule has 0 bridgehead atoms. The highest BCUT2D eigenvalue weighted by Gasteiger charge is 2.51. The summed E-state index contributed by atoms with van der Waals surface area (Å²) in [4.78, 5) is 27.8. The third kappa shape index (κ3) is 2.37. The van der Waals surface area contributed by atoms with Crippen LogP contribution in [0.2, 0.25) is 0 Å². The summed E-state index contributed by atoms with van der Waals surface area (Å²) in [6.45, 7) is 3.51. The Hall–Kier alpha value is -1.36. The van der Waals surface area contributed by atoms with Crippen LogP contribution in [0.1, 0.15) is 40.9 Å². The van der Waals surface area contributed by atoms with Crippen LogP contribution in [-0.2, 0) is 4.79 Å². The molecule has 1 aliphatic carbocycles. The number of carbonyl (C=O) groups excluding carboxylic acids is 2. The number of carbonyl (C=O) groups is 2. The molecule has 1 N–H and O–H groups in total. The van der Waals surface area contributed by atoms with Gasteiger partial charge in [0.25, 0.3) is 5.91 Å². The lowest BCUT2D eigenvalue weighted by Crippen LogP contribution is -2.40. The van der Waals surface area contributed by atoms with Crippen LogP contribution in [0.5, 0.6) is 0 Å². The first kappa shape index (κ1) is 14.6. The zero-order valence-electron chi connectivity index (χ0n) is 12.6. The molecule has 2 heterocycles. The van der Waals surface area contributed by atoms with Crippen molar-refractivity contribution in [2.75, 3.05) is 20.1 Å². The molecule has 5 heteroatoms. The summed E-state index contributed by atoms with van der Waals surface area (Å²) in [5, 5.41) is 4.77. The van der Waals surface area contributed by atoms with Gasteiger partial charge in [-0.2, -0.15) is 0 Å². The first-order valence-corrected chi connectivity index (χ1v) is 8.50. The minimum atomic E-state index is 0.0136. The van der Waals surface area contributed by atoms with E-state index in [1.807, 2.05) is 23.3 Å². The minimum Gasteiger partial charge on any atom is -0.359 e. The molecule has 2 atom stereocenters. The molecular formula is C16H22N2O2S. The zero-order chi connectivity index (χ0) is 15.0. The van der Waals surface area contributed by atoms with E-state index in [2.05, 4.69) is 5.32 Å². The van der Waals surface area contributed by atoms with Gasteiger partial charge in [-0.3, -0.25) is 9.59 Å². The van der Waals surface area contributed by atoms with Crippen LogP contribution < -0.4 is 5.32 Å². The maximum absolute atomic E-state index is 12.6. The summed E-state index contributed by atoms with van der Waals surface area (Å²) in [6.07, 6.45) is 4.08. The quantitative estimate of drug-likeness (QED) is 0.912. The van der Waals surface area contributed by atoms with E-state index in [9.17, 15) is 9.59 Å². The van der Waals surface area contributed by atoms with Gasteiger partial charge >= 0.3 is 0 Å². The van der Waals surface area contributed by atoms with Crippen LogP contribution in [0.15, 0.2) is 11.4 Å². The van der Waals surface area contributed by atoms with Crippen molar-refractivity contribution in [2.45, 2.75) is 32.6 Å². The summed E-state index contributed by atoms with van der Waals surface area (Å²) >= 11 is 1.61. The third-order valence-electron chi connectivity index (χ3n) is 5.23. The molecule has 1 aromatic heterocycles. The van der Waals surface area contributed by atoms with Gasteiger partial charge in [-0.1, -0.05) is 6.42 Å². The zero-order valence-corrected chi connectivity index (χ0v) is 13.5. The Labute approximate surface area is 129 Å². The third-order valence-corrected chi connectivity index (χ3v) is 6.08. The Morgan fingerprint density at radius 1 is 1.43 bits per heavy atom. The van der Waals surface area contributed by atoms with Gasteiger partial charge < -0.3 is 10.2 Å². The van der Waals surface area contributed by atoms with Gasteiger partial charge in [-0.15, -0.1) is 11.3 Å². The Morgan fingerprint density at radius 3 is 2.90 bits per heavy atom. The largest absolute Gasteiger partial charge is 0.359 e. The smallest absolute Gasteiger partial charge is 0.254 e. The molecular weight excluding hydrogens is 284 g/mol. The molecule has 21 heavy (non-hydrogen) atoms. The van der Waals surface area contributed by atoms with Gasteiger partial charge in [-0.05, 0) is 37.6 Å². The van der Waals surface area contributed by atoms with Crippen LogP contribution in [0.3, 0.4) is 0 Å². The standard InChI is InChI=1S/C16H22N2O2S/c1-11-12(5-9-21-11)15(20)18-8-7-16(10-18)6-3-4-13(16)14(19)17-2/h5,9,13H,3-4,6-8,10H2,1-2H3,(H,17,19)/t13-,16+/m0/s1. The number of thiophene rings is 1. The topological polar surface area (TPSA) is 49.4 Å². The fourth-order valence-corrected chi connectivity index (χ4v) is 4.75. The number of nitrogens with one attached hydrogen (secondary N) is 1. The Bertz CT molecular complexity index is 568. The highest BCUT2D eigenvalue weighted by atomic mass is 32.1. The van der Waals surface area contributed by atoms with E-state index in [1.54, 1.807) is 18.4 Å². The van der Waals surface area contributed by atoms with Crippen LogP contribution in [0.25, 0.3) is 0 Å². The molecule has 1 spiro atoms. The molecule has 1 saturated heterocycles. The maximum atomic E-state index is 12.6. The molecule has 1 aliphatic heterocycles. The van der Waals surface area contributed by atoms with Crippen LogP contribution >= 0.6 is 11.3 Å². The predicted octanol–water partition coefficient (Wildman–Crippen LogP) is 2.43. The van der Waals surface area contributed by atoms with Gasteiger partial charge in [0.05, 0.1) is 5.56 Å². The number of hydrogen-bond donors (Lipinski definition) is 1. The lowest BCUT2D eigenvalue weighted by molar-refractivity contribution is -0.127. The molecule has 4 nitrogen and oxygen atoms in total. The predicted molar refractivity (Wildman–Crippen MR) is 83.4 cm³/mol. The van der Waals surface area contributed by atoms with Crippen molar-refractivity contribution < 1.29 is 9.59 Å². The monoisotopic (exact) mass is 306 g/mol. The molecule has 2 aliphatic rings. The van der Waals surface area contributed by atoms with E-state index >= 15 is 0 Å². The molecule has 114 valence electrons. The van der Waals surface area contributed by atoms with E-state index in [0.717, 1.165) is 49.2 Å². The summed E-state index contributed by atoms with van der Waals surface area (Å²) < 4.78 is 0. The van der Waals surface area contributed by atoms with Crippen molar-refractivity contribution in [3.63, 3.8) is 0 Å². The van der Waals surface area contributed by atoms with Crippen LogP contribution in [0, 0.1) is 18.3 Å². The second-order valence-electron chi connectivity index (χ2n) is 6.29. The fraction of sp³-hybridized carbons (Fsp3) is 0.625. The van der Waals surface area contributed by atoms with Crippen molar-refractivity contribution in [1.82, 2.24) is 10.2 Å². The second kappa shape index (κ2) is 5.44. The van der Waals surface area contributed by atoms with E-state index in [-0.39, 0.29) is 23.1 Å². The van der Waals surface area contributed by atoms with Gasteiger partial charge in [0.15, 0.2) is 0 Å². The van der Waals surface area contributed by atoms with Crippen LogP contribution in [0.4, 0.5) is 0 Å². The maximum Gasteiger partial charge on any atom is 0.254 e. The average Bonchev–Trinajstić information content (AvgIpc) is 3.19. The Morgan fingerprint density at radius 2 is 2.24 bits per heavy atom. The van der Waals surface area contributed by atoms with Crippen molar-refractivity contribution in [2.24, 2.45) is 11.3 Å². The first-order chi connectivity index (χ1) is 10.1. The number of rotatable bonds is 2. The molecule has 0 unspecified atom stereocenters. The number of aryl methyl sites for hydroxylation is 1. The fourth-order valence-electron chi connectivity index (χ4n) is 4.06. The lowest BCUT2D eigenvalue weighted by atomic mass is 9.76. The number of nitrogens with zero attached hydrogens (tertiary/aromatic N) is 1. The molecule has 1 aromatic rings. The summed E-state index contributed by atoms with van der Waals surface area (Å²) in [5.74, 6) is 0.352. The SMILES string of the molecule is CNC(=O)[C@@H]1CCC[C@]12CCN(C(=O)c1ccsc1C)C2.